The third-order valence-electron chi connectivity index (χ3n) is 2.80. The maximum atomic E-state index is 12.1. The SMILES string of the molecule is COc1ccc(C(=O)N[C@H]([C]=O)CC(C)C)cc1OC. The van der Waals surface area contributed by atoms with Gasteiger partial charge in [-0.2, -0.15) is 0 Å². The molecule has 1 rings (SSSR count). The number of rotatable bonds is 7. The van der Waals surface area contributed by atoms with Crippen molar-refractivity contribution < 1.29 is 19.1 Å². The molecule has 0 saturated carbocycles. The number of methoxy groups -OCH3 is 2. The molecule has 0 bridgehead atoms. The summed E-state index contributed by atoms with van der Waals surface area (Å²) in [7, 11) is 3.03. The van der Waals surface area contributed by atoms with Crippen LogP contribution in [0, 0.1) is 5.92 Å². The van der Waals surface area contributed by atoms with Gasteiger partial charge in [0.1, 0.15) is 0 Å². The molecular weight excluding hydrogens is 258 g/mol. The van der Waals surface area contributed by atoms with Crippen molar-refractivity contribution in [2.45, 2.75) is 26.3 Å². The van der Waals surface area contributed by atoms with Gasteiger partial charge >= 0.3 is 0 Å². The quantitative estimate of drug-likeness (QED) is 0.828. The van der Waals surface area contributed by atoms with Crippen LogP contribution in [0.2, 0.25) is 0 Å². The van der Waals surface area contributed by atoms with Crippen LogP contribution in [0.25, 0.3) is 0 Å². The largest absolute Gasteiger partial charge is 0.493 e. The van der Waals surface area contributed by atoms with Crippen LogP contribution in [-0.4, -0.2) is 32.5 Å². The van der Waals surface area contributed by atoms with Gasteiger partial charge < -0.3 is 14.8 Å². The van der Waals surface area contributed by atoms with Crippen molar-refractivity contribution in [1.29, 1.82) is 0 Å². The molecule has 1 atom stereocenters. The molecule has 0 aliphatic carbocycles. The summed E-state index contributed by atoms with van der Waals surface area (Å²) in [5.74, 6) is 0.979. The van der Waals surface area contributed by atoms with E-state index in [9.17, 15) is 9.59 Å². The summed E-state index contributed by atoms with van der Waals surface area (Å²) in [4.78, 5) is 22.9. The molecule has 1 N–H and O–H groups in total. The smallest absolute Gasteiger partial charge is 0.252 e. The van der Waals surface area contributed by atoms with Gasteiger partial charge in [0.15, 0.2) is 11.5 Å². The summed E-state index contributed by atoms with van der Waals surface area (Å²) in [6, 6.07) is 4.24. The van der Waals surface area contributed by atoms with E-state index in [1.165, 1.54) is 14.2 Å². The number of carbonyl (C=O) groups is 1. The fourth-order valence-corrected chi connectivity index (χ4v) is 1.83. The zero-order chi connectivity index (χ0) is 15.1. The second-order valence-corrected chi connectivity index (χ2v) is 4.84. The highest BCUT2D eigenvalue weighted by molar-refractivity contribution is 5.96. The van der Waals surface area contributed by atoms with Crippen LogP contribution in [0.15, 0.2) is 18.2 Å². The Hall–Kier alpha value is -2.04. The lowest BCUT2D eigenvalue weighted by atomic mass is 10.0. The number of hydrogen-bond donors (Lipinski definition) is 1. The standard InChI is InChI=1S/C15H20NO4/c1-10(2)7-12(9-17)16-15(18)11-5-6-13(19-3)14(8-11)20-4/h5-6,8,10,12H,7H2,1-4H3,(H,16,18)/t12-/m0/s1. The van der Waals surface area contributed by atoms with Crippen molar-refractivity contribution in [3.8, 4) is 11.5 Å². The molecule has 109 valence electrons. The summed E-state index contributed by atoms with van der Waals surface area (Å²) in [6.45, 7) is 3.96. The van der Waals surface area contributed by atoms with Crippen molar-refractivity contribution in [3.63, 3.8) is 0 Å². The van der Waals surface area contributed by atoms with E-state index in [0.29, 0.717) is 29.4 Å². The monoisotopic (exact) mass is 278 g/mol. The van der Waals surface area contributed by atoms with Gasteiger partial charge in [-0.15, -0.1) is 0 Å². The normalized spacial score (nSPS) is 11.8. The van der Waals surface area contributed by atoms with Crippen LogP contribution in [0.3, 0.4) is 0 Å². The zero-order valence-electron chi connectivity index (χ0n) is 12.2. The number of benzene rings is 1. The van der Waals surface area contributed by atoms with Crippen molar-refractivity contribution in [2.75, 3.05) is 14.2 Å². The predicted molar refractivity (Wildman–Crippen MR) is 75.9 cm³/mol. The van der Waals surface area contributed by atoms with Crippen LogP contribution >= 0.6 is 0 Å². The predicted octanol–water partition coefficient (Wildman–Crippen LogP) is 1.96. The highest BCUT2D eigenvalue weighted by atomic mass is 16.5. The topological polar surface area (TPSA) is 64.6 Å². The number of carbonyl (C=O) groups excluding carboxylic acids is 2. The van der Waals surface area contributed by atoms with Gasteiger partial charge in [-0.3, -0.25) is 9.59 Å². The lowest BCUT2D eigenvalue weighted by Crippen LogP contribution is -2.36. The van der Waals surface area contributed by atoms with E-state index in [0.717, 1.165) is 0 Å². The van der Waals surface area contributed by atoms with Crippen LogP contribution in [0.5, 0.6) is 11.5 Å². The van der Waals surface area contributed by atoms with Gasteiger partial charge in [0, 0.05) is 5.56 Å². The van der Waals surface area contributed by atoms with Gasteiger partial charge in [-0.25, -0.2) is 0 Å². The van der Waals surface area contributed by atoms with Crippen LogP contribution in [0.1, 0.15) is 30.6 Å². The first-order valence-corrected chi connectivity index (χ1v) is 6.42. The van der Waals surface area contributed by atoms with Gasteiger partial charge in [0.25, 0.3) is 5.91 Å². The highest BCUT2D eigenvalue weighted by Crippen LogP contribution is 2.27. The molecule has 0 spiro atoms. The lowest BCUT2D eigenvalue weighted by molar-refractivity contribution is 0.0942. The Morgan fingerprint density at radius 2 is 1.90 bits per heavy atom. The van der Waals surface area contributed by atoms with E-state index in [1.54, 1.807) is 18.2 Å². The number of hydrogen-bond acceptors (Lipinski definition) is 4. The van der Waals surface area contributed by atoms with E-state index in [2.05, 4.69) is 5.32 Å². The van der Waals surface area contributed by atoms with E-state index >= 15 is 0 Å². The highest BCUT2D eigenvalue weighted by Gasteiger charge is 2.16. The van der Waals surface area contributed by atoms with Gasteiger partial charge in [-0.1, -0.05) is 13.8 Å². The first-order chi connectivity index (χ1) is 9.51. The fourth-order valence-electron chi connectivity index (χ4n) is 1.83. The molecule has 0 saturated heterocycles. The minimum Gasteiger partial charge on any atom is -0.493 e. The van der Waals surface area contributed by atoms with Gasteiger partial charge in [0.2, 0.25) is 6.29 Å². The molecule has 0 fully saturated rings. The van der Waals surface area contributed by atoms with Crippen LogP contribution in [-0.2, 0) is 4.79 Å². The molecule has 1 aromatic rings. The first-order valence-electron chi connectivity index (χ1n) is 6.42. The van der Waals surface area contributed by atoms with Crippen molar-refractivity contribution in [3.05, 3.63) is 23.8 Å². The Kier molecular flexibility index (Phi) is 6.03. The Bertz CT molecular complexity index is 471. The molecule has 5 nitrogen and oxygen atoms in total. The molecular formula is C15H20NO4. The maximum absolute atomic E-state index is 12.1. The fraction of sp³-hybridized carbons (Fsp3) is 0.467. The minimum absolute atomic E-state index is 0.298. The molecule has 0 aliphatic heterocycles. The molecule has 1 aromatic carbocycles. The number of ether oxygens (including phenoxy) is 2. The molecule has 1 amide bonds. The van der Waals surface area contributed by atoms with Crippen molar-refractivity contribution >= 4 is 12.2 Å². The molecule has 0 aromatic heterocycles. The molecule has 0 aliphatic rings. The second-order valence-electron chi connectivity index (χ2n) is 4.84. The zero-order valence-corrected chi connectivity index (χ0v) is 12.2. The summed E-state index contributed by atoms with van der Waals surface area (Å²) >= 11 is 0. The summed E-state index contributed by atoms with van der Waals surface area (Å²) in [6.07, 6.45) is 2.41. The molecule has 0 unspecified atom stereocenters. The van der Waals surface area contributed by atoms with Crippen LogP contribution in [0.4, 0.5) is 0 Å². The lowest BCUT2D eigenvalue weighted by Gasteiger charge is -2.15. The Labute approximate surface area is 119 Å². The molecule has 1 radical (unpaired) electrons. The summed E-state index contributed by atoms with van der Waals surface area (Å²) < 4.78 is 10.2. The molecule has 0 heterocycles. The Balaban J connectivity index is 2.83. The average Bonchev–Trinajstić information content (AvgIpc) is 2.45. The van der Waals surface area contributed by atoms with Crippen molar-refractivity contribution in [1.82, 2.24) is 5.32 Å². The Morgan fingerprint density at radius 1 is 1.25 bits per heavy atom. The maximum Gasteiger partial charge on any atom is 0.252 e. The average molecular weight is 278 g/mol. The summed E-state index contributed by atoms with van der Waals surface area (Å²) in [5.41, 5.74) is 0.409. The van der Waals surface area contributed by atoms with Gasteiger partial charge in [-0.05, 0) is 30.5 Å². The third-order valence-corrected chi connectivity index (χ3v) is 2.80. The Morgan fingerprint density at radius 3 is 2.40 bits per heavy atom. The molecule has 20 heavy (non-hydrogen) atoms. The second kappa shape index (κ2) is 7.53. The molecule has 5 heteroatoms. The number of nitrogens with one attached hydrogen (secondary N) is 1. The minimum atomic E-state index is -0.601. The van der Waals surface area contributed by atoms with E-state index < -0.39 is 6.04 Å². The summed E-state index contributed by atoms with van der Waals surface area (Å²) in [5, 5.41) is 2.64. The van der Waals surface area contributed by atoms with Crippen molar-refractivity contribution in [2.24, 2.45) is 5.92 Å². The number of amides is 1. The van der Waals surface area contributed by atoms with E-state index in [1.807, 2.05) is 20.1 Å². The third kappa shape index (κ3) is 4.26. The van der Waals surface area contributed by atoms with E-state index in [4.69, 9.17) is 9.47 Å². The van der Waals surface area contributed by atoms with E-state index in [-0.39, 0.29) is 5.91 Å². The first kappa shape index (κ1) is 16.0. The van der Waals surface area contributed by atoms with Crippen LogP contribution < -0.4 is 14.8 Å². The van der Waals surface area contributed by atoms with Gasteiger partial charge in [0.05, 0.1) is 20.3 Å².